The number of aryl methyl sites for hydroxylation is 2. The summed E-state index contributed by atoms with van der Waals surface area (Å²) < 4.78 is 1.69. The van der Waals surface area contributed by atoms with Crippen LogP contribution in [-0.2, 0) is 4.79 Å². The highest BCUT2D eigenvalue weighted by atomic mass is 32.2. The Morgan fingerprint density at radius 1 is 1.30 bits per heavy atom. The summed E-state index contributed by atoms with van der Waals surface area (Å²) in [6, 6.07) is 6.14. The van der Waals surface area contributed by atoms with Crippen molar-refractivity contribution >= 4 is 17.7 Å². The molecule has 7 heteroatoms. The summed E-state index contributed by atoms with van der Waals surface area (Å²) >= 11 is 1.36. The fraction of sp³-hybridized carbons (Fsp3) is 0.500. The van der Waals surface area contributed by atoms with Crippen molar-refractivity contribution in [3.63, 3.8) is 0 Å². The van der Waals surface area contributed by atoms with E-state index in [4.69, 9.17) is 0 Å². The maximum atomic E-state index is 12.1. The lowest BCUT2D eigenvalue weighted by Gasteiger charge is -2.13. The van der Waals surface area contributed by atoms with Gasteiger partial charge in [-0.3, -0.25) is 4.79 Å². The zero-order valence-corrected chi connectivity index (χ0v) is 15.0. The zero-order chi connectivity index (χ0) is 17.0. The summed E-state index contributed by atoms with van der Waals surface area (Å²) in [5.74, 6) is 0.427. The summed E-state index contributed by atoms with van der Waals surface area (Å²) in [7, 11) is 0. The van der Waals surface area contributed by atoms with Crippen molar-refractivity contribution in [3.05, 3.63) is 29.3 Å². The van der Waals surface area contributed by atoms with Gasteiger partial charge in [-0.25, -0.2) is 0 Å². The van der Waals surface area contributed by atoms with Gasteiger partial charge in [0.15, 0.2) is 0 Å². The van der Waals surface area contributed by atoms with Crippen LogP contribution >= 0.6 is 11.8 Å². The van der Waals surface area contributed by atoms with E-state index in [1.54, 1.807) is 4.68 Å². The molecule has 0 aliphatic heterocycles. The molecule has 0 radical (unpaired) electrons. The molecular weight excluding hydrogens is 310 g/mol. The first kappa shape index (κ1) is 17.5. The molecule has 0 aliphatic rings. The van der Waals surface area contributed by atoms with Crippen LogP contribution in [0.4, 0.5) is 0 Å². The summed E-state index contributed by atoms with van der Waals surface area (Å²) in [5, 5.41) is 15.2. The molecule has 0 saturated heterocycles. The van der Waals surface area contributed by atoms with E-state index >= 15 is 0 Å². The lowest BCUT2D eigenvalue weighted by molar-refractivity contribution is -0.120. The molecule has 0 aliphatic carbocycles. The second-order valence-corrected chi connectivity index (χ2v) is 7.37. The number of benzene rings is 1. The number of amides is 1. The molecule has 0 fully saturated rings. The number of aromatic nitrogens is 4. The molecule has 1 atom stereocenters. The van der Waals surface area contributed by atoms with Gasteiger partial charge in [0.05, 0.1) is 10.9 Å². The molecule has 2 aromatic rings. The smallest absolute Gasteiger partial charge is 0.233 e. The van der Waals surface area contributed by atoms with E-state index in [1.807, 2.05) is 32.9 Å². The predicted molar refractivity (Wildman–Crippen MR) is 91.8 cm³/mol. The number of hydrogen-bond acceptors (Lipinski definition) is 5. The summed E-state index contributed by atoms with van der Waals surface area (Å²) in [5.41, 5.74) is 3.16. The van der Waals surface area contributed by atoms with Crippen LogP contribution in [0.2, 0.25) is 0 Å². The van der Waals surface area contributed by atoms with Crippen molar-refractivity contribution < 1.29 is 4.79 Å². The number of carbonyl (C=O) groups excluding carboxylic acids is 1. The first-order valence-electron chi connectivity index (χ1n) is 7.69. The van der Waals surface area contributed by atoms with Gasteiger partial charge in [0, 0.05) is 6.54 Å². The maximum Gasteiger partial charge on any atom is 0.233 e. The SMILES string of the molecule is Cc1ccc(C)c(-n2nnnc2S[C@@H](C)C(=O)NCC(C)C)c1. The monoisotopic (exact) mass is 333 g/mol. The van der Waals surface area contributed by atoms with E-state index in [0.29, 0.717) is 17.6 Å². The molecule has 1 aromatic carbocycles. The third-order valence-corrected chi connectivity index (χ3v) is 4.40. The predicted octanol–water partition coefficient (Wildman–Crippen LogP) is 2.53. The molecule has 0 spiro atoms. The Morgan fingerprint density at radius 2 is 2.04 bits per heavy atom. The van der Waals surface area contributed by atoms with E-state index in [1.165, 1.54) is 11.8 Å². The Hall–Kier alpha value is -1.89. The van der Waals surface area contributed by atoms with Crippen molar-refractivity contribution in [2.75, 3.05) is 6.54 Å². The molecule has 2 rings (SSSR count). The van der Waals surface area contributed by atoms with Gasteiger partial charge in [-0.15, -0.1) is 5.10 Å². The molecule has 0 bridgehead atoms. The largest absolute Gasteiger partial charge is 0.355 e. The van der Waals surface area contributed by atoms with Crippen LogP contribution in [0.15, 0.2) is 23.4 Å². The number of nitrogens with zero attached hydrogens (tertiary/aromatic N) is 4. The topological polar surface area (TPSA) is 72.7 Å². The van der Waals surface area contributed by atoms with E-state index < -0.39 is 0 Å². The third-order valence-electron chi connectivity index (χ3n) is 3.37. The Labute approximate surface area is 141 Å². The van der Waals surface area contributed by atoms with Crippen molar-refractivity contribution in [1.82, 2.24) is 25.5 Å². The lowest BCUT2D eigenvalue weighted by Crippen LogP contribution is -2.33. The van der Waals surface area contributed by atoms with Gasteiger partial charge < -0.3 is 5.32 Å². The zero-order valence-electron chi connectivity index (χ0n) is 14.2. The quantitative estimate of drug-likeness (QED) is 0.823. The lowest BCUT2D eigenvalue weighted by atomic mass is 10.1. The molecule has 0 unspecified atom stereocenters. The van der Waals surface area contributed by atoms with Crippen molar-refractivity contribution in [1.29, 1.82) is 0 Å². The standard InChI is InChI=1S/C16H23N5OS/c1-10(2)9-17-15(22)13(5)23-16-18-19-20-21(16)14-8-11(3)6-7-12(14)4/h6-8,10,13H,9H2,1-5H3,(H,17,22)/t13-/m0/s1. The van der Waals surface area contributed by atoms with Gasteiger partial charge in [-0.05, 0) is 54.3 Å². The first-order valence-corrected chi connectivity index (χ1v) is 8.56. The Kier molecular flexibility index (Phi) is 5.76. The van der Waals surface area contributed by atoms with E-state index in [-0.39, 0.29) is 11.2 Å². The van der Waals surface area contributed by atoms with Crippen LogP contribution < -0.4 is 5.32 Å². The van der Waals surface area contributed by atoms with Crippen molar-refractivity contribution in [2.24, 2.45) is 5.92 Å². The highest BCUT2D eigenvalue weighted by Gasteiger charge is 2.19. The fourth-order valence-electron chi connectivity index (χ4n) is 2.01. The minimum Gasteiger partial charge on any atom is -0.355 e. The summed E-state index contributed by atoms with van der Waals surface area (Å²) in [4.78, 5) is 12.1. The van der Waals surface area contributed by atoms with E-state index in [2.05, 4.69) is 40.8 Å². The number of carbonyl (C=O) groups is 1. The highest BCUT2D eigenvalue weighted by Crippen LogP contribution is 2.24. The van der Waals surface area contributed by atoms with Crippen LogP contribution in [0.25, 0.3) is 5.69 Å². The number of nitrogens with one attached hydrogen (secondary N) is 1. The van der Waals surface area contributed by atoms with E-state index in [9.17, 15) is 4.79 Å². The normalized spacial score (nSPS) is 12.4. The van der Waals surface area contributed by atoms with Crippen LogP contribution in [0, 0.1) is 19.8 Å². The van der Waals surface area contributed by atoms with Gasteiger partial charge in [0.25, 0.3) is 0 Å². The van der Waals surface area contributed by atoms with Gasteiger partial charge in [0.2, 0.25) is 11.1 Å². The Morgan fingerprint density at radius 3 is 2.74 bits per heavy atom. The average Bonchev–Trinajstić information content (AvgIpc) is 2.95. The van der Waals surface area contributed by atoms with E-state index in [0.717, 1.165) is 16.8 Å². The highest BCUT2D eigenvalue weighted by molar-refractivity contribution is 8.00. The van der Waals surface area contributed by atoms with Crippen LogP contribution in [0.3, 0.4) is 0 Å². The molecule has 1 heterocycles. The minimum absolute atomic E-state index is 0.000728. The van der Waals surface area contributed by atoms with Gasteiger partial charge in [-0.1, -0.05) is 37.7 Å². The Balaban J connectivity index is 2.15. The molecule has 0 saturated carbocycles. The maximum absolute atomic E-state index is 12.1. The fourth-order valence-corrected chi connectivity index (χ4v) is 2.84. The van der Waals surface area contributed by atoms with Crippen molar-refractivity contribution in [2.45, 2.75) is 45.0 Å². The number of tetrazole rings is 1. The van der Waals surface area contributed by atoms with Crippen molar-refractivity contribution in [3.8, 4) is 5.69 Å². The minimum atomic E-state index is -0.261. The third kappa shape index (κ3) is 4.54. The molecule has 23 heavy (non-hydrogen) atoms. The average molecular weight is 333 g/mol. The second-order valence-electron chi connectivity index (χ2n) is 6.06. The molecule has 1 N–H and O–H groups in total. The number of hydrogen-bond donors (Lipinski definition) is 1. The Bertz CT molecular complexity index is 683. The molecular formula is C16H23N5OS. The van der Waals surface area contributed by atoms with Gasteiger partial charge in [0.1, 0.15) is 0 Å². The second kappa shape index (κ2) is 7.59. The molecule has 6 nitrogen and oxygen atoms in total. The van der Waals surface area contributed by atoms with Gasteiger partial charge in [-0.2, -0.15) is 4.68 Å². The molecule has 1 amide bonds. The summed E-state index contributed by atoms with van der Waals surface area (Å²) in [6.07, 6.45) is 0. The summed E-state index contributed by atoms with van der Waals surface area (Å²) in [6.45, 7) is 10.7. The van der Waals surface area contributed by atoms with Crippen LogP contribution in [0.5, 0.6) is 0 Å². The number of rotatable bonds is 6. The van der Waals surface area contributed by atoms with Crippen LogP contribution in [-0.4, -0.2) is 37.9 Å². The first-order chi connectivity index (χ1) is 10.9. The number of thioether (sulfide) groups is 1. The molecule has 124 valence electrons. The van der Waals surface area contributed by atoms with Crippen LogP contribution in [0.1, 0.15) is 31.9 Å². The van der Waals surface area contributed by atoms with Gasteiger partial charge >= 0.3 is 0 Å². The molecule has 1 aromatic heterocycles.